The number of carbonyl (C=O) groups excluding carboxylic acids is 2. The molecule has 0 fully saturated rings. The number of hydrogen-bond donors (Lipinski definition) is 0. The topological polar surface area (TPSA) is 43.4 Å². The van der Waals surface area contributed by atoms with Gasteiger partial charge in [-0.15, -0.1) is 0 Å². The van der Waals surface area contributed by atoms with Crippen molar-refractivity contribution in [2.75, 3.05) is 0 Å². The maximum absolute atomic E-state index is 12.6. The molecule has 0 bridgehead atoms. The summed E-state index contributed by atoms with van der Waals surface area (Å²) in [5, 5.41) is 0. The van der Waals surface area contributed by atoms with Gasteiger partial charge < -0.3 is 4.74 Å². The third kappa shape index (κ3) is 4.49. The van der Waals surface area contributed by atoms with E-state index >= 15 is 0 Å². The maximum atomic E-state index is 12.6. The van der Waals surface area contributed by atoms with Crippen LogP contribution in [-0.4, -0.2) is 11.9 Å². The second kappa shape index (κ2) is 5.58. The fourth-order valence-electron chi connectivity index (χ4n) is 1.02. The molecule has 0 aliphatic carbocycles. The number of rotatable bonds is 2. The van der Waals surface area contributed by atoms with Crippen LogP contribution in [0.25, 0.3) is 6.08 Å². The molecule has 0 atom stereocenters. The molecule has 0 aliphatic heterocycles. The van der Waals surface area contributed by atoms with Crippen molar-refractivity contribution in [2.45, 2.75) is 20.8 Å². The summed E-state index contributed by atoms with van der Waals surface area (Å²) < 4.78 is 17.2. The Kier molecular flexibility index (Phi) is 4.37. The molecular weight excluding hydrogens is 235 g/mol. The Bertz CT molecular complexity index is 467. The van der Waals surface area contributed by atoms with Gasteiger partial charge in [-0.3, -0.25) is 4.79 Å². The lowest BCUT2D eigenvalue weighted by molar-refractivity contribution is -0.162. The zero-order chi connectivity index (χ0) is 13.8. The van der Waals surface area contributed by atoms with Gasteiger partial charge in [0.05, 0.1) is 5.41 Å². The summed E-state index contributed by atoms with van der Waals surface area (Å²) in [4.78, 5) is 22.7. The van der Waals surface area contributed by atoms with Gasteiger partial charge in [0.15, 0.2) is 0 Å². The molecule has 1 aromatic carbocycles. The molecular formula is C14H15FO3. The molecule has 0 radical (unpaired) electrons. The lowest BCUT2D eigenvalue weighted by atomic mass is 9.97. The van der Waals surface area contributed by atoms with Crippen molar-refractivity contribution in [1.82, 2.24) is 0 Å². The summed E-state index contributed by atoms with van der Waals surface area (Å²) in [6.45, 7) is 4.98. The number of carbonyl (C=O) groups is 2. The second-order valence-corrected chi connectivity index (χ2v) is 4.84. The molecule has 0 saturated heterocycles. The van der Waals surface area contributed by atoms with E-state index in [2.05, 4.69) is 4.74 Å². The Morgan fingerprint density at radius 3 is 2.22 bits per heavy atom. The van der Waals surface area contributed by atoms with E-state index in [0.29, 0.717) is 5.56 Å². The summed E-state index contributed by atoms with van der Waals surface area (Å²) in [6.07, 6.45) is 2.59. The Morgan fingerprint density at radius 2 is 1.72 bits per heavy atom. The van der Waals surface area contributed by atoms with Crippen LogP contribution in [0.2, 0.25) is 0 Å². The van der Waals surface area contributed by atoms with Gasteiger partial charge in [-0.1, -0.05) is 12.1 Å². The van der Waals surface area contributed by atoms with Crippen molar-refractivity contribution in [3.05, 3.63) is 41.7 Å². The predicted molar refractivity (Wildman–Crippen MR) is 66.0 cm³/mol. The van der Waals surface area contributed by atoms with Crippen LogP contribution in [0.3, 0.4) is 0 Å². The van der Waals surface area contributed by atoms with Crippen LogP contribution in [0.4, 0.5) is 4.39 Å². The summed E-state index contributed by atoms with van der Waals surface area (Å²) in [5.74, 6) is -1.67. The van der Waals surface area contributed by atoms with Crippen LogP contribution >= 0.6 is 0 Å². The highest BCUT2D eigenvalue weighted by atomic mass is 19.1. The number of esters is 2. The molecule has 3 nitrogen and oxygen atoms in total. The predicted octanol–water partition coefficient (Wildman–Crippen LogP) is 2.95. The molecule has 0 unspecified atom stereocenters. The number of halogens is 1. The molecule has 1 rings (SSSR count). The minimum Gasteiger partial charge on any atom is -0.389 e. The Hall–Kier alpha value is -1.97. The minimum atomic E-state index is -0.737. The van der Waals surface area contributed by atoms with E-state index in [0.717, 1.165) is 6.08 Å². The van der Waals surface area contributed by atoms with Gasteiger partial charge in [-0.25, -0.2) is 9.18 Å². The first-order valence-corrected chi connectivity index (χ1v) is 5.49. The van der Waals surface area contributed by atoms with Gasteiger partial charge in [-0.05, 0) is 44.5 Å². The van der Waals surface area contributed by atoms with Gasteiger partial charge in [0, 0.05) is 6.08 Å². The summed E-state index contributed by atoms with van der Waals surface area (Å²) in [5.41, 5.74) is -0.0733. The van der Waals surface area contributed by atoms with Crippen molar-refractivity contribution in [3.63, 3.8) is 0 Å². The smallest absolute Gasteiger partial charge is 0.338 e. The normalized spacial score (nSPS) is 11.6. The fraction of sp³-hybridized carbons (Fsp3) is 0.286. The Morgan fingerprint density at radius 1 is 1.17 bits per heavy atom. The molecule has 0 spiro atoms. The van der Waals surface area contributed by atoms with Crippen molar-refractivity contribution in [1.29, 1.82) is 0 Å². The van der Waals surface area contributed by atoms with Crippen LogP contribution in [0.5, 0.6) is 0 Å². The molecule has 18 heavy (non-hydrogen) atoms. The van der Waals surface area contributed by atoms with Crippen molar-refractivity contribution in [2.24, 2.45) is 5.41 Å². The third-order valence-corrected chi connectivity index (χ3v) is 2.09. The van der Waals surface area contributed by atoms with E-state index in [9.17, 15) is 14.0 Å². The maximum Gasteiger partial charge on any atom is 0.338 e. The molecule has 0 aliphatic rings. The second-order valence-electron chi connectivity index (χ2n) is 4.84. The molecule has 1 aromatic rings. The Balaban J connectivity index is 2.60. The minimum absolute atomic E-state index is 0.349. The van der Waals surface area contributed by atoms with Gasteiger partial charge in [-0.2, -0.15) is 0 Å². The summed E-state index contributed by atoms with van der Waals surface area (Å²) in [7, 11) is 0. The molecule has 96 valence electrons. The van der Waals surface area contributed by atoms with Gasteiger partial charge >= 0.3 is 11.9 Å². The molecule has 0 heterocycles. The number of ether oxygens (including phenoxy) is 1. The molecule has 0 amide bonds. The van der Waals surface area contributed by atoms with E-state index in [1.165, 1.54) is 30.3 Å². The standard InChI is InChI=1S/C14H15FO3/c1-14(2,3)13(17)18-12(16)9-6-10-4-7-11(15)8-5-10/h4-9H,1-3H3/b9-6+. The van der Waals surface area contributed by atoms with Crippen LogP contribution in [0.15, 0.2) is 30.3 Å². The highest BCUT2D eigenvalue weighted by Gasteiger charge is 2.24. The van der Waals surface area contributed by atoms with E-state index in [-0.39, 0.29) is 5.82 Å². The number of hydrogen-bond acceptors (Lipinski definition) is 3. The quantitative estimate of drug-likeness (QED) is 0.460. The van der Waals surface area contributed by atoms with Crippen molar-refractivity contribution < 1.29 is 18.7 Å². The van der Waals surface area contributed by atoms with Gasteiger partial charge in [0.25, 0.3) is 0 Å². The summed E-state index contributed by atoms with van der Waals surface area (Å²) in [6, 6.07) is 5.60. The Labute approximate surface area is 105 Å². The molecule has 0 aromatic heterocycles. The first-order chi connectivity index (χ1) is 8.29. The fourth-order valence-corrected chi connectivity index (χ4v) is 1.02. The van der Waals surface area contributed by atoms with Crippen molar-refractivity contribution in [3.8, 4) is 0 Å². The van der Waals surface area contributed by atoms with Crippen LogP contribution in [-0.2, 0) is 14.3 Å². The van der Waals surface area contributed by atoms with Gasteiger partial charge in [0.2, 0.25) is 0 Å². The molecule has 4 heteroatoms. The first kappa shape index (κ1) is 14.1. The van der Waals surface area contributed by atoms with E-state index in [1.54, 1.807) is 20.8 Å². The first-order valence-electron chi connectivity index (χ1n) is 5.49. The highest BCUT2D eigenvalue weighted by Crippen LogP contribution is 2.15. The van der Waals surface area contributed by atoms with Crippen LogP contribution in [0, 0.1) is 11.2 Å². The lowest BCUT2D eigenvalue weighted by Crippen LogP contribution is -2.25. The van der Waals surface area contributed by atoms with Crippen LogP contribution < -0.4 is 0 Å². The van der Waals surface area contributed by atoms with Gasteiger partial charge in [0.1, 0.15) is 5.82 Å². The van der Waals surface area contributed by atoms with E-state index in [4.69, 9.17) is 0 Å². The van der Waals surface area contributed by atoms with Crippen molar-refractivity contribution >= 4 is 18.0 Å². The largest absolute Gasteiger partial charge is 0.389 e. The average Bonchev–Trinajstić information content (AvgIpc) is 2.27. The lowest BCUT2D eigenvalue weighted by Gasteiger charge is -2.14. The zero-order valence-corrected chi connectivity index (χ0v) is 10.6. The van der Waals surface area contributed by atoms with Crippen LogP contribution in [0.1, 0.15) is 26.3 Å². The van der Waals surface area contributed by atoms with E-state index in [1.807, 2.05) is 0 Å². The number of benzene rings is 1. The summed E-state index contributed by atoms with van der Waals surface area (Å²) >= 11 is 0. The third-order valence-electron chi connectivity index (χ3n) is 2.09. The van der Waals surface area contributed by atoms with E-state index < -0.39 is 17.4 Å². The molecule has 0 saturated carbocycles. The highest BCUT2D eigenvalue weighted by molar-refractivity contribution is 5.96. The average molecular weight is 250 g/mol. The zero-order valence-electron chi connectivity index (χ0n) is 10.6. The molecule has 0 N–H and O–H groups in total. The SMILES string of the molecule is CC(C)(C)C(=O)OC(=O)/C=C/c1ccc(F)cc1. The monoisotopic (exact) mass is 250 g/mol.